The maximum absolute atomic E-state index is 6.43. The van der Waals surface area contributed by atoms with E-state index in [1.54, 1.807) is 0 Å². The van der Waals surface area contributed by atoms with Gasteiger partial charge in [-0.2, -0.15) is 0 Å². The van der Waals surface area contributed by atoms with E-state index in [1.165, 1.54) is 0 Å². The van der Waals surface area contributed by atoms with Crippen LogP contribution in [0, 0.1) is 6.92 Å². The Bertz CT molecular complexity index is 448. The molecule has 4 heteroatoms. The molecule has 19 heavy (non-hydrogen) atoms. The highest BCUT2D eigenvalue weighted by Crippen LogP contribution is 2.34. The van der Waals surface area contributed by atoms with Crippen molar-refractivity contribution in [2.75, 3.05) is 18.0 Å². The van der Waals surface area contributed by atoms with Gasteiger partial charge in [-0.05, 0) is 37.5 Å². The van der Waals surface area contributed by atoms with Gasteiger partial charge in [0.2, 0.25) is 0 Å². The first kappa shape index (κ1) is 15.0. The summed E-state index contributed by atoms with van der Waals surface area (Å²) in [6.45, 7) is 8.42. The SMILES string of the molecule is CCC1CN(c2cc(Cl)c(C)cc2Cl)C(CC)CN1. The van der Waals surface area contributed by atoms with Crippen molar-refractivity contribution in [2.45, 2.75) is 45.7 Å². The lowest BCUT2D eigenvalue weighted by molar-refractivity contribution is 0.379. The van der Waals surface area contributed by atoms with Gasteiger partial charge in [-0.3, -0.25) is 0 Å². The van der Waals surface area contributed by atoms with Gasteiger partial charge in [0.1, 0.15) is 0 Å². The van der Waals surface area contributed by atoms with Crippen LogP contribution in [0.25, 0.3) is 0 Å². The monoisotopic (exact) mass is 300 g/mol. The van der Waals surface area contributed by atoms with Gasteiger partial charge in [-0.1, -0.05) is 37.0 Å². The smallest absolute Gasteiger partial charge is 0.0643 e. The van der Waals surface area contributed by atoms with Crippen LogP contribution < -0.4 is 10.2 Å². The topological polar surface area (TPSA) is 15.3 Å². The molecule has 1 aliphatic rings. The lowest BCUT2D eigenvalue weighted by Crippen LogP contribution is -2.56. The van der Waals surface area contributed by atoms with E-state index >= 15 is 0 Å². The molecule has 0 aliphatic carbocycles. The number of hydrogen-bond acceptors (Lipinski definition) is 2. The van der Waals surface area contributed by atoms with E-state index in [0.717, 1.165) is 47.2 Å². The van der Waals surface area contributed by atoms with Gasteiger partial charge in [0.05, 0.1) is 10.7 Å². The number of rotatable bonds is 3. The molecule has 2 unspecified atom stereocenters. The molecular weight excluding hydrogens is 279 g/mol. The fourth-order valence-corrected chi connectivity index (χ4v) is 3.14. The maximum atomic E-state index is 6.43. The number of anilines is 1. The molecule has 1 saturated heterocycles. The third-order valence-corrected chi connectivity index (χ3v) is 4.71. The molecule has 1 fully saturated rings. The highest BCUT2D eigenvalue weighted by atomic mass is 35.5. The van der Waals surface area contributed by atoms with Gasteiger partial charge < -0.3 is 10.2 Å². The third-order valence-electron chi connectivity index (χ3n) is 4.00. The van der Waals surface area contributed by atoms with Crippen molar-refractivity contribution in [3.8, 4) is 0 Å². The van der Waals surface area contributed by atoms with Gasteiger partial charge in [-0.25, -0.2) is 0 Å². The van der Waals surface area contributed by atoms with E-state index in [9.17, 15) is 0 Å². The van der Waals surface area contributed by atoms with Crippen molar-refractivity contribution < 1.29 is 0 Å². The third kappa shape index (κ3) is 3.18. The van der Waals surface area contributed by atoms with E-state index in [1.807, 2.05) is 19.1 Å². The van der Waals surface area contributed by atoms with Crippen LogP contribution in [0.1, 0.15) is 32.3 Å². The van der Waals surface area contributed by atoms with Crippen molar-refractivity contribution >= 4 is 28.9 Å². The zero-order chi connectivity index (χ0) is 14.0. The molecule has 2 rings (SSSR count). The molecule has 0 radical (unpaired) electrons. The summed E-state index contributed by atoms with van der Waals surface area (Å²) in [6, 6.07) is 4.99. The summed E-state index contributed by atoms with van der Waals surface area (Å²) in [5.41, 5.74) is 2.11. The van der Waals surface area contributed by atoms with E-state index in [2.05, 4.69) is 24.1 Å². The average Bonchev–Trinajstić information content (AvgIpc) is 2.42. The van der Waals surface area contributed by atoms with Gasteiger partial charge in [0.15, 0.2) is 0 Å². The van der Waals surface area contributed by atoms with Gasteiger partial charge in [0, 0.05) is 30.2 Å². The Hall–Kier alpha value is -0.440. The number of nitrogens with one attached hydrogen (secondary N) is 1. The molecule has 2 nitrogen and oxygen atoms in total. The van der Waals surface area contributed by atoms with Crippen LogP contribution in [0.15, 0.2) is 12.1 Å². The molecule has 0 spiro atoms. The molecule has 2 atom stereocenters. The lowest BCUT2D eigenvalue weighted by Gasteiger charge is -2.42. The number of nitrogens with zero attached hydrogens (tertiary/aromatic N) is 1. The predicted octanol–water partition coefficient (Wildman–Crippen LogP) is 4.27. The summed E-state index contributed by atoms with van der Waals surface area (Å²) >= 11 is 12.7. The Labute approximate surface area is 126 Å². The molecule has 106 valence electrons. The molecule has 1 heterocycles. The number of piperazine rings is 1. The molecule has 1 aromatic rings. The van der Waals surface area contributed by atoms with Crippen LogP contribution in [0.3, 0.4) is 0 Å². The fourth-order valence-electron chi connectivity index (χ4n) is 2.65. The summed E-state index contributed by atoms with van der Waals surface area (Å²) < 4.78 is 0. The largest absolute Gasteiger partial charge is 0.364 e. The van der Waals surface area contributed by atoms with Crippen LogP contribution in [-0.2, 0) is 0 Å². The van der Waals surface area contributed by atoms with Crippen LogP contribution >= 0.6 is 23.2 Å². The number of hydrogen-bond donors (Lipinski definition) is 1. The first-order valence-corrected chi connectivity index (χ1v) is 7.78. The van der Waals surface area contributed by atoms with Crippen molar-refractivity contribution in [3.63, 3.8) is 0 Å². The second-order valence-corrected chi connectivity index (χ2v) is 6.10. The summed E-state index contributed by atoms with van der Waals surface area (Å²) in [5, 5.41) is 5.19. The van der Waals surface area contributed by atoms with Crippen LogP contribution in [0.2, 0.25) is 10.0 Å². The highest BCUT2D eigenvalue weighted by molar-refractivity contribution is 6.35. The summed E-state index contributed by atoms with van der Waals surface area (Å²) in [5.74, 6) is 0. The minimum atomic E-state index is 0.485. The Morgan fingerprint density at radius 3 is 2.58 bits per heavy atom. The lowest BCUT2D eigenvalue weighted by atomic mass is 10.0. The summed E-state index contributed by atoms with van der Waals surface area (Å²) in [6.07, 6.45) is 2.23. The van der Waals surface area contributed by atoms with Gasteiger partial charge in [0.25, 0.3) is 0 Å². The second-order valence-electron chi connectivity index (χ2n) is 5.28. The Morgan fingerprint density at radius 2 is 1.95 bits per heavy atom. The van der Waals surface area contributed by atoms with Crippen LogP contribution in [-0.4, -0.2) is 25.2 Å². The highest BCUT2D eigenvalue weighted by Gasteiger charge is 2.27. The van der Waals surface area contributed by atoms with E-state index < -0.39 is 0 Å². The van der Waals surface area contributed by atoms with Crippen molar-refractivity contribution in [1.29, 1.82) is 0 Å². The van der Waals surface area contributed by atoms with Crippen molar-refractivity contribution in [1.82, 2.24) is 5.32 Å². The quantitative estimate of drug-likeness (QED) is 0.897. The summed E-state index contributed by atoms with van der Waals surface area (Å²) in [4.78, 5) is 2.42. The molecule has 0 bridgehead atoms. The molecule has 0 saturated carbocycles. The molecule has 1 aromatic carbocycles. The van der Waals surface area contributed by atoms with Crippen LogP contribution in [0.4, 0.5) is 5.69 Å². The van der Waals surface area contributed by atoms with Crippen LogP contribution in [0.5, 0.6) is 0 Å². The average molecular weight is 301 g/mol. The molecular formula is C15H22Cl2N2. The first-order chi connectivity index (χ1) is 9.06. The molecule has 1 N–H and O–H groups in total. The maximum Gasteiger partial charge on any atom is 0.0643 e. The second kappa shape index (κ2) is 6.34. The zero-order valence-corrected chi connectivity index (χ0v) is 13.4. The molecule has 0 aromatic heterocycles. The Kier molecular flexibility index (Phi) is 4.99. The number of benzene rings is 1. The number of aryl methyl sites for hydroxylation is 1. The number of halogens is 2. The zero-order valence-electron chi connectivity index (χ0n) is 11.8. The molecule has 0 amide bonds. The fraction of sp³-hybridized carbons (Fsp3) is 0.600. The predicted molar refractivity (Wildman–Crippen MR) is 84.7 cm³/mol. The Morgan fingerprint density at radius 1 is 1.21 bits per heavy atom. The van der Waals surface area contributed by atoms with Gasteiger partial charge in [-0.15, -0.1) is 0 Å². The standard InChI is InChI=1S/C15H22Cl2N2/c1-4-11-9-19(12(5-2)8-18-11)15-7-13(16)10(3)6-14(15)17/h6-7,11-12,18H,4-5,8-9H2,1-3H3. The minimum Gasteiger partial charge on any atom is -0.364 e. The van der Waals surface area contributed by atoms with Crippen molar-refractivity contribution in [3.05, 3.63) is 27.7 Å². The van der Waals surface area contributed by atoms with E-state index in [4.69, 9.17) is 23.2 Å². The molecule has 1 aliphatic heterocycles. The first-order valence-electron chi connectivity index (χ1n) is 7.02. The normalized spacial score (nSPS) is 23.7. The summed E-state index contributed by atoms with van der Waals surface area (Å²) in [7, 11) is 0. The van der Waals surface area contributed by atoms with E-state index in [0.29, 0.717) is 12.1 Å². The van der Waals surface area contributed by atoms with Crippen molar-refractivity contribution in [2.24, 2.45) is 0 Å². The minimum absolute atomic E-state index is 0.485. The van der Waals surface area contributed by atoms with Gasteiger partial charge >= 0.3 is 0 Å². The Balaban J connectivity index is 2.33. The van der Waals surface area contributed by atoms with E-state index in [-0.39, 0.29) is 0 Å².